The molecule has 1 atom stereocenters. The summed E-state index contributed by atoms with van der Waals surface area (Å²) in [4.78, 5) is 14.3. The number of anilines is 1. The van der Waals surface area contributed by atoms with Crippen LogP contribution in [0.1, 0.15) is 28.8 Å². The van der Waals surface area contributed by atoms with Gasteiger partial charge in [0.05, 0.1) is 17.7 Å². The Balaban J connectivity index is 0.00000243. The van der Waals surface area contributed by atoms with Crippen molar-refractivity contribution in [3.05, 3.63) is 65.7 Å². The van der Waals surface area contributed by atoms with Crippen molar-refractivity contribution in [2.24, 2.45) is 0 Å². The second-order valence-corrected chi connectivity index (χ2v) is 6.03. The molecule has 3 nitrogen and oxygen atoms in total. The van der Waals surface area contributed by atoms with Gasteiger partial charge in [0, 0.05) is 12.2 Å². The predicted molar refractivity (Wildman–Crippen MR) is 95.8 cm³/mol. The molecule has 0 aliphatic carbocycles. The van der Waals surface area contributed by atoms with E-state index in [0.29, 0.717) is 6.54 Å². The van der Waals surface area contributed by atoms with E-state index in [1.807, 2.05) is 30.3 Å². The number of rotatable bonds is 3. The van der Waals surface area contributed by atoms with Crippen molar-refractivity contribution in [3.8, 4) is 0 Å². The summed E-state index contributed by atoms with van der Waals surface area (Å²) in [5.74, 6) is -0.589. The number of ether oxygens (including phenoxy) is 1. The first-order valence-corrected chi connectivity index (χ1v) is 8.12. The smallest absolute Gasteiger partial charge is 0.416 e. The molecule has 140 valence electrons. The van der Waals surface area contributed by atoms with Crippen LogP contribution in [-0.2, 0) is 10.9 Å². The molecule has 7 heteroatoms. The molecule has 26 heavy (non-hydrogen) atoms. The molecule has 0 amide bonds. The van der Waals surface area contributed by atoms with Crippen molar-refractivity contribution in [2.75, 3.05) is 18.0 Å². The second kappa shape index (κ2) is 8.45. The number of carbonyl (C=O) groups excluding carboxylic acids is 1. The van der Waals surface area contributed by atoms with Crippen molar-refractivity contribution in [3.63, 3.8) is 0 Å². The lowest BCUT2D eigenvalue weighted by atomic mass is 10.1. The maximum atomic E-state index is 12.6. The Bertz CT molecular complexity index is 720. The van der Waals surface area contributed by atoms with E-state index in [4.69, 9.17) is 4.74 Å². The zero-order valence-corrected chi connectivity index (χ0v) is 14.7. The molecule has 0 bridgehead atoms. The first-order chi connectivity index (χ1) is 11.9. The van der Waals surface area contributed by atoms with Crippen LogP contribution in [-0.4, -0.2) is 25.2 Å². The normalized spacial score (nSPS) is 17.3. The van der Waals surface area contributed by atoms with E-state index in [0.717, 1.165) is 49.3 Å². The van der Waals surface area contributed by atoms with Crippen molar-refractivity contribution in [1.29, 1.82) is 0 Å². The molecule has 0 radical (unpaired) electrons. The fourth-order valence-corrected chi connectivity index (χ4v) is 2.92. The summed E-state index contributed by atoms with van der Waals surface area (Å²) in [5.41, 5.74) is 0.416. The average Bonchev–Trinajstić information content (AvgIpc) is 2.62. The molecular formula is C19H19ClF3NO2. The number of hydrogen-bond donors (Lipinski definition) is 0. The minimum atomic E-state index is -4.41. The Morgan fingerprint density at radius 3 is 2.31 bits per heavy atom. The third kappa shape index (κ3) is 4.91. The minimum Gasteiger partial charge on any atom is -0.457 e. The Kier molecular flexibility index (Phi) is 6.53. The molecule has 0 saturated carbocycles. The number of benzene rings is 2. The number of halogens is 4. The summed E-state index contributed by atoms with van der Waals surface area (Å²) in [6.07, 6.45) is -3.05. The highest BCUT2D eigenvalue weighted by molar-refractivity contribution is 5.89. The summed E-state index contributed by atoms with van der Waals surface area (Å²) in [6.45, 7) is 1.47. The van der Waals surface area contributed by atoms with E-state index in [1.54, 1.807) is 0 Å². The van der Waals surface area contributed by atoms with Gasteiger partial charge in [-0.05, 0) is 49.2 Å². The van der Waals surface area contributed by atoms with Gasteiger partial charge >= 0.3 is 12.1 Å². The van der Waals surface area contributed by atoms with Gasteiger partial charge in [-0.15, -0.1) is 12.4 Å². The average molecular weight is 386 g/mol. The fourth-order valence-electron chi connectivity index (χ4n) is 2.92. The second-order valence-electron chi connectivity index (χ2n) is 6.03. The number of para-hydroxylation sites is 1. The lowest BCUT2D eigenvalue weighted by Crippen LogP contribution is -2.40. The van der Waals surface area contributed by atoms with Crippen LogP contribution in [0.3, 0.4) is 0 Å². The molecule has 1 saturated heterocycles. The third-order valence-electron chi connectivity index (χ3n) is 4.22. The Labute approximate surface area is 156 Å². The lowest BCUT2D eigenvalue weighted by molar-refractivity contribution is -0.137. The van der Waals surface area contributed by atoms with Gasteiger partial charge in [0.1, 0.15) is 6.10 Å². The van der Waals surface area contributed by atoms with E-state index < -0.39 is 17.7 Å². The van der Waals surface area contributed by atoms with Crippen molar-refractivity contribution in [1.82, 2.24) is 0 Å². The van der Waals surface area contributed by atoms with Crippen LogP contribution in [0.25, 0.3) is 0 Å². The molecule has 1 heterocycles. The summed E-state index contributed by atoms with van der Waals surface area (Å²) >= 11 is 0. The maximum Gasteiger partial charge on any atom is 0.416 e. The number of nitrogens with zero attached hydrogens (tertiary/aromatic N) is 1. The Morgan fingerprint density at radius 2 is 1.69 bits per heavy atom. The van der Waals surface area contributed by atoms with Crippen molar-refractivity contribution < 1.29 is 22.7 Å². The van der Waals surface area contributed by atoms with Gasteiger partial charge in [0.15, 0.2) is 0 Å². The number of esters is 1. The highest BCUT2D eigenvalue weighted by Gasteiger charge is 2.30. The van der Waals surface area contributed by atoms with Crippen LogP contribution in [0.15, 0.2) is 54.6 Å². The predicted octanol–water partition coefficient (Wildman–Crippen LogP) is 4.95. The molecular weight excluding hydrogens is 367 g/mol. The first kappa shape index (κ1) is 20.1. The standard InChI is InChI=1S/C19H18F3NO2.ClH/c20-19(21,22)15-10-8-14(9-11-15)18(24)25-17-7-4-12-23(13-17)16-5-2-1-3-6-16;/h1-3,5-6,8-11,17H,4,7,12-13H2;1H. The van der Waals surface area contributed by atoms with Crippen LogP contribution >= 0.6 is 12.4 Å². The highest BCUT2D eigenvalue weighted by atomic mass is 35.5. The van der Waals surface area contributed by atoms with E-state index in [9.17, 15) is 18.0 Å². The minimum absolute atomic E-state index is 0. The van der Waals surface area contributed by atoms with E-state index in [2.05, 4.69) is 4.90 Å². The SMILES string of the molecule is Cl.O=C(OC1CCCN(c2ccccc2)C1)c1ccc(C(F)(F)F)cc1. The van der Waals surface area contributed by atoms with Crippen LogP contribution < -0.4 is 4.90 Å². The molecule has 1 aliphatic heterocycles. The molecule has 1 aliphatic rings. The summed E-state index contributed by atoms with van der Waals surface area (Å²) in [6, 6.07) is 13.9. The van der Waals surface area contributed by atoms with Gasteiger partial charge in [-0.2, -0.15) is 13.2 Å². The Hall–Kier alpha value is -2.21. The van der Waals surface area contributed by atoms with E-state index in [1.165, 1.54) is 0 Å². The summed E-state index contributed by atoms with van der Waals surface area (Å²) < 4.78 is 43.2. The summed E-state index contributed by atoms with van der Waals surface area (Å²) in [5, 5.41) is 0. The first-order valence-electron chi connectivity index (χ1n) is 8.12. The summed E-state index contributed by atoms with van der Waals surface area (Å²) in [7, 11) is 0. The third-order valence-corrected chi connectivity index (χ3v) is 4.22. The largest absolute Gasteiger partial charge is 0.457 e. The highest BCUT2D eigenvalue weighted by Crippen LogP contribution is 2.29. The van der Waals surface area contributed by atoms with Gasteiger partial charge in [0.2, 0.25) is 0 Å². The van der Waals surface area contributed by atoms with Gasteiger partial charge in [-0.3, -0.25) is 0 Å². The van der Waals surface area contributed by atoms with Crippen molar-refractivity contribution in [2.45, 2.75) is 25.1 Å². The lowest BCUT2D eigenvalue weighted by Gasteiger charge is -2.34. The molecule has 2 aromatic carbocycles. The molecule has 1 unspecified atom stereocenters. The quantitative estimate of drug-likeness (QED) is 0.700. The van der Waals surface area contributed by atoms with Gasteiger partial charge in [-0.25, -0.2) is 4.79 Å². The molecule has 2 aromatic rings. The van der Waals surface area contributed by atoms with Gasteiger partial charge in [-0.1, -0.05) is 18.2 Å². The van der Waals surface area contributed by atoms with Crippen LogP contribution in [0.5, 0.6) is 0 Å². The fraction of sp³-hybridized carbons (Fsp3) is 0.316. The zero-order chi connectivity index (χ0) is 17.9. The maximum absolute atomic E-state index is 12.6. The molecule has 1 fully saturated rings. The molecule has 0 aromatic heterocycles. The van der Waals surface area contributed by atoms with Crippen molar-refractivity contribution >= 4 is 24.1 Å². The van der Waals surface area contributed by atoms with Gasteiger partial charge in [0.25, 0.3) is 0 Å². The zero-order valence-electron chi connectivity index (χ0n) is 13.9. The van der Waals surface area contributed by atoms with Crippen LogP contribution in [0.2, 0.25) is 0 Å². The molecule has 0 spiro atoms. The number of hydrogen-bond acceptors (Lipinski definition) is 3. The van der Waals surface area contributed by atoms with Crippen LogP contribution in [0.4, 0.5) is 18.9 Å². The molecule has 0 N–H and O–H groups in total. The Morgan fingerprint density at radius 1 is 1.04 bits per heavy atom. The topological polar surface area (TPSA) is 29.5 Å². The van der Waals surface area contributed by atoms with E-state index >= 15 is 0 Å². The monoisotopic (exact) mass is 385 g/mol. The number of piperidine rings is 1. The van der Waals surface area contributed by atoms with E-state index in [-0.39, 0.29) is 24.1 Å². The molecule has 3 rings (SSSR count). The van der Waals surface area contributed by atoms with Crippen LogP contribution in [0, 0.1) is 0 Å². The number of alkyl halides is 3. The van der Waals surface area contributed by atoms with Gasteiger partial charge < -0.3 is 9.64 Å². The number of carbonyl (C=O) groups is 1.